The molecule has 0 aliphatic rings. The molecule has 0 spiro atoms. The van der Waals surface area contributed by atoms with Gasteiger partial charge in [0.15, 0.2) is 0 Å². The minimum Gasteiger partial charge on any atom is -0.545 e. The first kappa shape index (κ1) is 29.7. The van der Waals surface area contributed by atoms with E-state index in [2.05, 4.69) is 0 Å². The van der Waals surface area contributed by atoms with Crippen molar-refractivity contribution >= 4 is 35.8 Å². The fourth-order valence-corrected chi connectivity index (χ4v) is 0.408. The quantitative estimate of drug-likeness (QED) is 0.277. The van der Waals surface area contributed by atoms with Crippen LogP contribution in [0.15, 0.2) is 36.5 Å². The van der Waals surface area contributed by atoms with Crippen molar-refractivity contribution in [2.24, 2.45) is 0 Å². The molecule has 0 atom stereocenters. The van der Waals surface area contributed by atoms with Crippen LogP contribution in [0.4, 0.5) is 0 Å². The Morgan fingerprint density at radius 1 is 0.360 bits per heavy atom. The van der Waals surface area contributed by atoms with Gasteiger partial charge in [0.1, 0.15) is 0 Å². The van der Waals surface area contributed by atoms with Crippen LogP contribution in [0.25, 0.3) is 0 Å². The standard InChI is InChI=1S/3C4H4O4.Mo/c3*5-3(6)1-2-4(7)8;/h3*1-2H,(H,5,6)(H,7,8);/p-6/b3*2-1+;. The second-order valence-corrected chi connectivity index (χ2v) is 2.91. The van der Waals surface area contributed by atoms with Gasteiger partial charge < -0.3 is 59.4 Å². The van der Waals surface area contributed by atoms with Gasteiger partial charge in [0, 0.05) is 21.1 Å². The number of carbonyl (C=O) groups is 6. The third-order valence-electron chi connectivity index (χ3n) is 1.07. The van der Waals surface area contributed by atoms with Gasteiger partial charge in [0.2, 0.25) is 0 Å². The molecular weight excluding hydrogens is 432 g/mol. The zero-order chi connectivity index (χ0) is 19.7. The van der Waals surface area contributed by atoms with E-state index in [1.165, 1.54) is 0 Å². The number of carboxylic acid groups (broad SMARTS) is 6. The molecule has 0 saturated heterocycles. The maximum Gasteiger partial charge on any atom is 0.0643 e. The molecule has 0 N–H and O–H groups in total. The number of rotatable bonds is 6. The summed E-state index contributed by atoms with van der Waals surface area (Å²) < 4.78 is 0. The number of carbonyl (C=O) groups excluding carboxylic acids is 6. The summed E-state index contributed by atoms with van der Waals surface area (Å²) in [7, 11) is 0. The van der Waals surface area contributed by atoms with Gasteiger partial charge in [0.05, 0.1) is 35.8 Å². The average Bonchev–Trinajstić information content (AvgIpc) is 2.42. The number of aliphatic carboxylic acids is 6. The van der Waals surface area contributed by atoms with Crippen LogP contribution in [0.3, 0.4) is 0 Å². The molecule has 13 heteroatoms. The molecule has 0 aromatic heterocycles. The molecule has 0 bridgehead atoms. The summed E-state index contributed by atoms with van der Waals surface area (Å²) in [5.41, 5.74) is 0. The van der Waals surface area contributed by atoms with E-state index in [4.69, 9.17) is 0 Å². The van der Waals surface area contributed by atoms with E-state index in [0.717, 1.165) is 0 Å². The van der Waals surface area contributed by atoms with Gasteiger partial charge in [-0.15, -0.1) is 0 Å². The Labute approximate surface area is 153 Å². The molecule has 0 unspecified atom stereocenters. The molecule has 0 radical (unpaired) electrons. The van der Waals surface area contributed by atoms with Crippen molar-refractivity contribution in [1.29, 1.82) is 0 Å². The maximum atomic E-state index is 9.41. The molecule has 0 aliphatic carbocycles. The third kappa shape index (κ3) is 52.9. The minimum absolute atomic E-state index is 0. The fourth-order valence-electron chi connectivity index (χ4n) is 0.408. The van der Waals surface area contributed by atoms with Gasteiger partial charge in [-0.25, -0.2) is 0 Å². The van der Waals surface area contributed by atoms with Gasteiger partial charge in [0.25, 0.3) is 0 Å². The first-order valence-corrected chi connectivity index (χ1v) is 5.18. The predicted molar refractivity (Wildman–Crippen MR) is 57.5 cm³/mol. The van der Waals surface area contributed by atoms with E-state index in [0.29, 0.717) is 36.5 Å². The number of hydrogen-bond donors (Lipinski definition) is 0. The van der Waals surface area contributed by atoms with Crippen molar-refractivity contribution in [3.8, 4) is 0 Å². The Bertz CT molecular complexity index is 444. The maximum absolute atomic E-state index is 9.41. The Hall–Kier alpha value is -3.27. The minimum atomic E-state index is -1.55. The molecule has 0 fully saturated rings. The zero-order valence-electron chi connectivity index (χ0n) is 11.8. The summed E-state index contributed by atoms with van der Waals surface area (Å²) in [6.45, 7) is 0. The molecule has 0 rings (SSSR count). The third-order valence-corrected chi connectivity index (χ3v) is 1.07. The second kappa shape index (κ2) is 18.8. The predicted octanol–water partition coefficient (Wildman–Crippen LogP) is -8.88. The van der Waals surface area contributed by atoms with Crippen molar-refractivity contribution in [2.45, 2.75) is 0 Å². The van der Waals surface area contributed by atoms with Crippen LogP contribution in [0.1, 0.15) is 0 Å². The molecule has 25 heavy (non-hydrogen) atoms. The molecule has 0 saturated carbocycles. The largest absolute Gasteiger partial charge is 0.545 e. The molecule has 0 aliphatic heterocycles. The van der Waals surface area contributed by atoms with Crippen LogP contribution < -0.4 is 30.6 Å². The molecular formula is C12H6MoO12-6. The fraction of sp³-hybridized carbons (Fsp3) is 0. The van der Waals surface area contributed by atoms with Crippen LogP contribution in [0.2, 0.25) is 0 Å². The molecule has 12 nitrogen and oxygen atoms in total. The molecule has 0 amide bonds. The Balaban J connectivity index is -0.000000130. The van der Waals surface area contributed by atoms with E-state index in [-0.39, 0.29) is 21.1 Å². The van der Waals surface area contributed by atoms with Crippen LogP contribution in [0.5, 0.6) is 0 Å². The van der Waals surface area contributed by atoms with Gasteiger partial charge in [-0.3, -0.25) is 0 Å². The van der Waals surface area contributed by atoms with E-state index in [1.54, 1.807) is 0 Å². The first-order valence-electron chi connectivity index (χ1n) is 5.18. The molecule has 0 aromatic rings. The molecule has 0 aromatic carbocycles. The molecule has 138 valence electrons. The van der Waals surface area contributed by atoms with E-state index < -0.39 is 35.8 Å². The van der Waals surface area contributed by atoms with Gasteiger partial charge in [-0.05, 0) is 36.5 Å². The van der Waals surface area contributed by atoms with Crippen LogP contribution in [0, 0.1) is 0 Å². The number of carboxylic acids is 6. The monoisotopic (exact) mass is 440 g/mol. The van der Waals surface area contributed by atoms with E-state index in [1.807, 2.05) is 0 Å². The summed E-state index contributed by atoms with van der Waals surface area (Å²) in [6, 6.07) is 0. The van der Waals surface area contributed by atoms with Crippen LogP contribution in [-0.2, 0) is 49.8 Å². The van der Waals surface area contributed by atoms with E-state index >= 15 is 0 Å². The zero-order valence-corrected chi connectivity index (χ0v) is 13.8. The van der Waals surface area contributed by atoms with Crippen LogP contribution >= 0.6 is 0 Å². The topological polar surface area (TPSA) is 241 Å². The van der Waals surface area contributed by atoms with Crippen molar-refractivity contribution in [1.82, 2.24) is 0 Å². The van der Waals surface area contributed by atoms with Crippen molar-refractivity contribution < 1.29 is 80.5 Å². The van der Waals surface area contributed by atoms with Crippen LogP contribution in [-0.4, -0.2) is 35.8 Å². The van der Waals surface area contributed by atoms with Gasteiger partial charge in [-0.2, -0.15) is 0 Å². The van der Waals surface area contributed by atoms with E-state index in [9.17, 15) is 59.4 Å². The van der Waals surface area contributed by atoms with Gasteiger partial charge >= 0.3 is 0 Å². The molecule has 0 heterocycles. The summed E-state index contributed by atoms with van der Waals surface area (Å²) in [6.07, 6.45) is 2.31. The average molecular weight is 438 g/mol. The van der Waals surface area contributed by atoms with Crippen molar-refractivity contribution in [3.63, 3.8) is 0 Å². The Morgan fingerprint density at radius 2 is 0.440 bits per heavy atom. The summed E-state index contributed by atoms with van der Waals surface area (Å²) in [5, 5.41) is 56.5. The summed E-state index contributed by atoms with van der Waals surface area (Å²) >= 11 is 0. The first-order chi connectivity index (χ1) is 10.9. The van der Waals surface area contributed by atoms with Gasteiger partial charge in [-0.1, -0.05) is 0 Å². The SMILES string of the molecule is O=C([O-])/C=C/C(=O)[O-].O=C([O-])/C=C/C(=O)[O-].O=C([O-])/C=C/C(=O)[O-].[Mo]. The summed E-state index contributed by atoms with van der Waals surface area (Å²) in [4.78, 5) is 56.5. The summed E-state index contributed by atoms with van der Waals surface area (Å²) in [5.74, 6) is -9.28. The second-order valence-electron chi connectivity index (χ2n) is 2.91. The van der Waals surface area contributed by atoms with Crippen molar-refractivity contribution in [3.05, 3.63) is 36.5 Å². The smallest absolute Gasteiger partial charge is 0.0643 e. The Kier molecular flexibility index (Phi) is 22.3. The van der Waals surface area contributed by atoms with Crippen molar-refractivity contribution in [2.75, 3.05) is 0 Å². The normalized spacial score (nSPS) is 9.12. The Morgan fingerprint density at radius 3 is 0.480 bits per heavy atom. The number of hydrogen-bond acceptors (Lipinski definition) is 12.